The highest BCUT2D eigenvalue weighted by Crippen LogP contribution is 2.20. The van der Waals surface area contributed by atoms with E-state index in [9.17, 15) is 0 Å². The summed E-state index contributed by atoms with van der Waals surface area (Å²) in [5.74, 6) is 0. The van der Waals surface area contributed by atoms with E-state index in [4.69, 9.17) is 16.8 Å². The highest BCUT2D eigenvalue weighted by molar-refractivity contribution is 6.31. The summed E-state index contributed by atoms with van der Waals surface area (Å²) in [5, 5.41) is 12.0. The highest BCUT2D eigenvalue weighted by Gasteiger charge is 2.02. The number of aromatic amines is 1. The minimum absolute atomic E-state index is 0.478. The van der Waals surface area contributed by atoms with Gasteiger partial charge in [0.15, 0.2) is 0 Å². The quantitative estimate of drug-likeness (QED) is 0.748. The predicted octanol–water partition coefficient (Wildman–Crippen LogP) is 2.64. The summed E-state index contributed by atoms with van der Waals surface area (Å²) in [6.07, 6.45) is 0. The van der Waals surface area contributed by atoms with Gasteiger partial charge in [-0.15, -0.1) is 0 Å². The van der Waals surface area contributed by atoms with Crippen LogP contribution in [0.25, 0.3) is 10.9 Å². The third-order valence-corrected chi connectivity index (χ3v) is 2.27. The van der Waals surface area contributed by atoms with E-state index in [-0.39, 0.29) is 0 Å². The molecule has 2 aromatic rings. The number of nitrogens with one attached hydrogen (secondary N) is 1. The van der Waals surface area contributed by atoms with Gasteiger partial charge in [0.2, 0.25) is 0 Å². The van der Waals surface area contributed by atoms with E-state index >= 15 is 0 Å². The molecule has 0 bridgehead atoms. The first-order valence-corrected chi connectivity index (χ1v) is 4.70. The lowest BCUT2D eigenvalue weighted by molar-refractivity contribution is -0.0739. The fourth-order valence-corrected chi connectivity index (χ4v) is 1.68. The molecule has 0 amide bonds. The molecule has 1 aromatic heterocycles. The molecule has 0 atom stereocenters. The van der Waals surface area contributed by atoms with Crippen LogP contribution >= 0.6 is 11.6 Å². The monoisotopic (exact) mass is 210 g/mol. The summed E-state index contributed by atoms with van der Waals surface area (Å²) in [5.41, 5.74) is 2.00. The summed E-state index contributed by atoms with van der Waals surface area (Å²) >= 11 is 5.86. The van der Waals surface area contributed by atoms with Crippen LogP contribution in [0.5, 0.6) is 0 Å². The van der Waals surface area contributed by atoms with E-state index in [2.05, 4.69) is 4.98 Å². The molecule has 3 nitrogen and oxygen atoms in total. The minimum atomic E-state index is 0.478. The number of hydrogen-bond donors (Lipinski definition) is 2. The Hall–Kier alpha value is -1.03. The fourth-order valence-electron chi connectivity index (χ4n) is 1.50. The van der Waals surface area contributed by atoms with Gasteiger partial charge in [-0.1, -0.05) is 11.6 Å². The molecule has 2 rings (SSSR count). The smallest absolute Gasteiger partial charge is 0.0636 e. The number of halogens is 1. The Morgan fingerprint density at radius 1 is 1.43 bits per heavy atom. The Morgan fingerprint density at radius 3 is 2.93 bits per heavy atom. The van der Waals surface area contributed by atoms with Gasteiger partial charge >= 0.3 is 0 Å². The van der Waals surface area contributed by atoms with Crippen LogP contribution in [-0.4, -0.2) is 22.3 Å². The molecule has 0 fully saturated rings. The third kappa shape index (κ3) is 1.90. The molecule has 0 saturated heterocycles. The van der Waals surface area contributed by atoms with E-state index in [1.54, 1.807) is 7.05 Å². The summed E-state index contributed by atoms with van der Waals surface area (Å²) in [6.45, 7) is 0.478. The van der Waals surface area contributed by atoms with E-state index < -0.39 is 0 Å². The van der Waals surface area contributed by atoms with E-state index in [1.807, 2.05) is 24.3 Å². The van der Waals surface area contributed by atoms with E-state index in [0.717, 1.165) is 26.7 Å². The molecule has 0 aliphatic carbocycles. The van der Waals surface area contributed by atoms with Crippen molar-refractivity contribution in [3.05, 3.63) is 35.0 Å². The number of benzene rings is 1. The molecule has 0 spiro atoms. The predicted molar refractivity (Wildman–Crippen MR) is 56.6 cm³/mol. The highest BCUT2D eigenvalue weighted by atomic mass is 35.5. The molecule has 4 heteroatoms. The molecule has 14 heavy (non-hydrogen) atoms. The Morgan fingerprint density at radius 2 is 2.21 bits per heavy atom. The first-order valence-electron chi connectivity index (χ1n) is 4.32. The number of H-pyrrole nitrogens is 1. The van der Waals surface area contributed by atoms with Crippen molar-refractivity contribution >= 4 is 22.5 Å². The van der Waals surface area contributed by atoms with Crippen LogP contribution in [0, 0.1) is 0 Å². The van der Waals surface area contributed by atoms with Gasteiger partial charge in [0, 0.05) is 28.7 Å². The Kier molecular flexibility index (Phi) is 2.46. The van der Waals surface area contributed by atoms with Gasteiger partial charge in [-0.2, -0.15) is 5.06 Å². The van der Waals surface area contributed by atoms with Gasteiger partial charge in [-0.3, -0.25) is 0 Å². The zero-order valence-electron chi connectivity index (χ0n) is 7.79. The first kappa shape index (κ1) is 9.52. The Labute approximate surface area is 86.9 Å². The van der Waals surface area contributed by atoms with Crippen LogP contribution in [0.1, 0.15) is 5.69 Å². The van der Waals surface area contributed by atoms with Crippen LogP contribution < -0.4 is 0 Å². The average molecular weight is 211 g/mol. The molecular formula is C10H11ClN2O. The minimum Gasteiger partial charge on any atom is -0.357 e. The SMILES string of the molecule is CN(O)Cc1cc2cc(Cl)ccc2[nH]1. The second-order valence-electron chi connectivity index (χ2n) is 3.34. The number of hydroxylamine groups is 2. The van der Waals surface area contributed by atoms with Crippen molar-refractivity contribution in [2.45, 2.75) is 6.54 Å². The average Bonchev–Trinajstić information content (AvgIpc) is 2.44. The largest absolute Gasteiger partial charge is 0.357 e. The van der Waals surface area contributed by atoms with Gasteiger partial charge in [0.1, 0.15) is 0 Å². The second kappa shape index (κ2) is 3.61. The number of aromatic nitrogens is 1. The van der Waals surface area contributed by atoms with Gasteiger partial charge in [0.25, 0.3) is 0 Å². The molecule has 0 aliphatic heterocycles. The van der Waals surface area contributed by atoms with Crippen LogP contribution in [0.2, 0.25) is 5.02 Å². The topological polar surface area (TPSA) is 39.3 Å². The Bertz CT molecular complexity index is 450. The number of fused-ring (bicyclic) bond motifs is 1. The molecular weight excluding hydrogens is 200 g/mol. The number of hydrogen-bond acceptors (Lipinski definition) is 2. The summed E-state index contributed by atoms with van der Waals surface area (Å²) in [4.78, 5) is 3.19. The van der Waals surface area contributed by atoms with Crippen molar-refractivity contribution in [1.29, 1.82) is 0 Å². The molecule has 2 N–H and O–H groups in total. The fraction of sp³-hybridized carbons (Fsp3) is 0.200. The second-order valence-corrected chi connectivity index (χ2v) is 3.78. The van der Waals surface area contributed by atoms with Crippen molar-refractivity contribution in [2.24, 2.45) is 0 Å². The molecule has 0 radical (unpaired) electrons. The zero-order valence-corrected chi connectivity index (χ0v) is 8.54. The van der Waals surface area contributed by atoms with Crippen molar-refractivity contribution in [1.82, 2.24) is 10.0 Å². The maximum atomic E-state index is 9.07. The van der Waals surface area contributed by atoms with Crippen LogP contribution in [0.3, 0.4) is 0 Å². The van der Waals surface area contributed by atoms with Crippen LogP contribution in [0.15, 0.2) is 24.3 Å². The lowest BCUT2D eigenvalue weighted by atomic mass is 10.2. The maximum Gasteiger partial charge on any atom is 0.0636 e. The molecule has 1 heterocycles. The Balaban J connectivity index is 2.41. The van der Waals surface area contributed by atoms with Crippen molar-refractivity contribution in [3.63, 3.8) is 0 Å². The van der Waals surface area contributed by atoms with Gasteiger partial charge in [0.05, 0.1) is 6.54 Å². The molecule has 0 aliphatic rings. The summed E-state index contributed by atoms with van der Waals surface area (Å²) in [6, 6.07) is 7.65. The van der Waals surface area contributed by atoms with Crippen molar-refractivity contribution in [2.75, 3.05) is 7.05 Å². The number of rotatable bonds is 2. The maximum absolute atomic E-state index is 9.07. The van der Waals surface area contributed by atoms with Gasteiger partial charge < -0.3 is 10.2 Å². The molecule has 1 aromatic carbocycles. The lowest BCUT2D eigenvalue weighted by Crippen LogP contribution is -2.11. The molecule has 0 saturated carbocycles. The van der Waals surface area contributed by atoms with Crippen molar-refractivity contribution in [3.8, 4) is 0 Å². The van der Waals surface area contributed by atoms with E-state index in [1.165, 1.54) is 0 Å². The number of nitrogens with zero attached hydrogens (tertiary/aromatic N) is 1. The summed E-state index contributed by atoms with van der Waals surface area (Å²) < 4.78 is 0. The normalized spacial score (nSPS) is 11.4. The first-order chi connectivity index (χ1) is 6.65. The van der Waals surface area contributed by atoms with Gasteiger partial charge in [-0.05, 0) is 24.3 Å². The molecule has 74 valence electrons. The lowest BCUT2D eigenvalue weighted by Gasteiger charge is -2.04. The van der Waals surface area contributed by atoms with Crippen molar-refractivity contribution < 1.29 is 5.21 Å². The standard InChI is InChI=1S/C10H11ClN2O/c1-13(14)6-9-5-7-4-8(11)2-3-10(7)12-9/h2-5,12,14H,6H2,1H3. The van der Waals surface area contributed by atoms with E-state index in [0.29, 0.717) is 6.54 Å². The van der Waals surface area contributed by atoms with Crippen LogP contribution in [-0.2, 0) is 6.54 Å². The van der Waals surface area contributed by atoms with Crippen LogP contribution in [0.4, 0.5) is 0 Å². The summed E-state index contributed by atoms with van der Waals surface area (Å²) in [7, 11) is 1.61. The van der Waals surface area contributed by atoms with Gasteiger partial charge in [-0.25, -0.2) is 0 Å². The zero-order chi connectivity index (χ0) is 10.1. The third-order valence-electron chi connectivity index (χ3n) is 2.04. The molecule has 0 unspecified atom stereocenters.